The van der Waals surface area contributed by atoms with Crippen LogP contribution in [-0.2, 0) is 0 Å². The first-order chi connectivity index (χ1) is 11.0. The van der Waals surface area contributed by atoms with E-state index in [4.69, 9.17) is 0 Å². The molecule has 0 aliphatic rings. The number of aliphatic hydroxyl groups is 1. The zero-order valence-corrected chi connectivity index (χ0v) is 19.2. The van der Waals surface area contributed by atoms with Gasteiger partial charge in [-0.2, -0.15) is 0 Å². The van der Waals surface area contributed by atoms with Crippen molar-refractivity contribution in [3.63, 3.8) is 0 Å². The Balaban J connectivity index is 5.02. The van der Waals surface area contributed by atoms with Crippen molar-refractivity contribution in [3.05, 3.63) is 10.2 Å². The summed E-state index contributed by atoms with van der Waals surface area (Å²) in [7, 11) is 0. The van der Waals surface area contributed by atoms with Gasteiger partial charge in [0.2, 0.25) is 0 Å². The Morgan fingerprint density at radius 3 is 1.83 bits per heavy atom. The monoisotopic (exact) mass is 428 g/mol. The average molecular weight is 427 g/mol. The molecule has 0 amide bonds. The van der Waals surface area contributed by atoms with Crippen molar-refractivity contribution in [3.8, 4) is 11.8 Å². The van der Waals surface area contributed by atoms with Crippen LogP contribution in [0.5, 0.6) is 0 Å². The molecule has 2 heteroatoms. The predicted molar refractivity (Wildman–Crippen MR) is 107 cm³/mol. The van der Waals surface area contributed by atoms with E-state index < -0.39 is 18.4 Å². The van der Waals surface area contributed by atoms with Crippen molar-refractivity contribution in [1.29, 1.82) is 0 Å². The molecule has 0 unspecified atom stereocenters. The van der Waals surface area contributed by atoms with Gasteiger partial charge in [-0.15, -0.1) is 0 Å². The van der Waals surface area contributed by atoms with Gasteiger partial charge in [-0.3, -0.25) is 0 Å². The van der Waals surface area contributed by atoms with Crippen LogP contribution in [0.2, 0.25) is 13.3 Å². The molecule has 0 aliphatic heterocycles. The Morgan fingerprint density at radius 1 is 0.957 bits per heavy atom. The van der Waals surface area contributed by atoms with Crippen LogP contribution in [0.25, 0.3) is 0 Å². The minimum atomic E-state index is -2.23. The van der Waals surface area contributed by atoms with Crippen LogP contribution in [0.4, 0.5) is 0 Å². The molecular weight excluding hydrogens is 387 g/mol. The molecule has 23 heavy (non-hydrogen) atoms. The summed E-state index contributed by atoms with van der Waals surface area (Å²) < 4.78 is 6.99. The van der Waals surface area contributed by atoms with Gasteiger partial charge < -0.3 is 0 Å². The molecule has 0 bridgehead atoms. The molecule has 0 aromatic rings. The number of rotatable bonds is 13. The second kappa shape index (κ2) is 14.4. The van der Waals surface area contributed by atoms with Gasteiger partial charge in [0.1, 0.15) is 0 Å². The van der Waals surface area contributed by atoms with Crippen molar-refractivity contribution in [2.75, 3.05) is 0 Å². The SMILES string of the molecule is CC#CC[C@H](C)[C@H](O)/C=[CH]/[Sn]([CH2]CCC)([CH2]CCC)[CH2]CCC. The zero-order chi connectivity index (χ0) is 17.6. The zero-order valence-electron chi connectivity index (χ0n) is 16.3. The van der Waals surface area contributed by atoms with E-state index in [1.165, 1.54) is 51.8 Å². The van der Waals surface area contributed by atoms with E-state index in [-0.39, 0.29) is 12.0 Å². The fourth-order valence-electron chi connectivity index (χ4n) is 3.09. The summed E-state index contributed by atoms with van der Waals surface area (Å²) in [4.78, 5) is 0. The molecule has 0 fully saturated rings. The maximum atomic E-state index is 10.5. The van der Waals surface area contributed by atoms with Crippen LogP contribution in [0.15, 0.2) is 10.2 Å². The fraction of sp³-hybridized carbons (Fsp3) is 0.810. The normalized spacial score (nSPS) is 14.5. The molecule has 0 radical (unpaired) electrons. The molecule has 134 valence electrons. The number of hydrogen-bond acceptors (Lipinski definition) is 1. The molecule has 0 aliphatic carbocycles. The summed E-state index contributed by atoms with van der Waals surface area (Å²) in [6, 6.07) is 0. The Hall–Kier alpha value is 0.0587. The van der Waals surface area contributed by atoms with Gasteiger partial charge in [0.25, 0.3) is 0 Å². The van der Waals surface area contributed by atoms with Crippen LogP contribution in [-0.4, -0.2) is 29.6 Å². The summed E-state index contributed by atoms with van der Waals surface area (Å²) in [6.45, 7) is 10.9. The van der Waals surface area contributed by atoms with Crippen LogP contribution >= 0.6 is 0 Å². The summed E-state index contributed by atoms with van der Waals surface area (Å²) in [5.74, 6) is 6.28. The standard InChI is InChI=1S/C9H13O.3C4H9.Sn/c1-4-6-7-8(3)9(10)5-2;3*1-3-4-2;/h2,5,8-10H,7H2,1,3H3;3*1,3-4H2,2H3;/t8-,9+;;;;/m0..../s1. The van der Waals surface area contributed by atoms with E-state index >= 15 is 0 Å². The van der Waals surface area contributed by atoms with Gasteiger partial charge in [0.15, 0.2) is 0 Å². The van der Waals surface area contributed by atoms with Crippen molar-refractivity contribution in [1.82, 2.24) is 0 Å². The van der Waals surface area contributed by atoms with E-state index in [0.717, 1.165) is 6.42 Å². The van der Waals surface area contributed by atoms with E-state index in [0.29, 0.717) is 0 Å². The van der Waals surface area contributed by atoms with Gasteiger partial charge in [0, 0.05) is 0 Å². The Kier molecular flexibility index (Phi) is 14.4. The Labute approximate surface area is 150 Å². The number of unbranched alkanes of at least 4 members (excludes halogenated alkanes) is 3. The molecule has 0 heterocycles. The van der Waals surface area contributed by atoms with Crippen molar-refractivity contribution >= 4 is 18.4 Å². The topological polar surface area (TPSA) is 20.2 Å². The van der Waals surface area contributed by atoms with Crippen LogP contribution in [0.1, 0.15) is 79.6 Å². The molecular formula is C21H40OSn. The van der Waals surface area contributed by atoms with E-state index in [1.807, 2.05) is 6.92 Å². The second-order valence-electron chi connectivity index (χ2n) is 7.13. The Bertz CT molecular complexity index is 342. The van der Waals surface area contributed by atoms with E-state index in [1.54, 1.807) is 0 Å². The van der Waals surface area contributed by atoms with Gasteiger partial charge >= 0.3 is 150 Å². The maximum absolute atomic E-state index is 10.5. The third-order valence-corrected chi connectivity index (χ3v) is 19.0. The summed E-state index contributed by atoms with van der Waals surface area (Å²) in [5, 5.41) is 10.5. The average Bonchev–Trinajstić information content (AvgIpc) is 2.58. The van der Waals surface area contributed by atoms with Gasteiger partial charge in [0.05, 0.1) is 0 Å². The van der Waals surface area contributed by atoms with Gasteiger partial charge in [-0.25, -0.2) is 0 Å². The predicted octanol–water partition coefficient (Wildman–Crippen LogP) is 6.34. The molecule has 0 saturated carbocycles. The van der Waals surface area contributed by atoms with Crippen LogP contribution < -0.4 is 0 Å². The van der Waals surface area contributed by atoms with Crippen molar-refractivity contribution < 1.29 is 5.11 Å². The van der Waals surface area contributed by atoms with Crippen molar-refractivity contribution in [2.45, 2.75) is 99.0 Å². The third-order valence-electron chi connectivity index (χ3n) is 4.92. The molecule has 0 aromatic carbocycles. The minimum absolute atomic E-state index is 0.242. The van der Waals surface area contributed by atoms with Gasteiger partial charge in [-0.1, -0.05) is 0 Å². The first-order valence-electron chi connectivity index (χ1n) is 9.82. The quantitative estimate of drug-likeness (QED) is 0.269. The van der Waals surface area contributed by atoms with E-state index in [9.17, 15) is 5.11 Å². The van der Waals surface area contributed by atoms with Crippen LogP contribution in [0.3, 0.4) is 0 Å². The summed E-state index contributed by atoms with van der Waals surface area (Å²) >= 11 is -2.23. The fourth-order valence-corrected chi connectivity index (χ4v) is 17.4. The molecule has 0 saturated heterocycles. The molecule has 0 aromatic heterocycles. The third kappa shape index (κ3) is 10.5. The number of aliphatic hydroxyl groups excluding tert-OH is 1. The molecule has 0 rings (SSSR count). The summed E-state index contributed by atoms with van der Waals surface area (Å²) in [6.07, 6.45) is 10.7. The first-order valence-corrected chi connectivity index (χ1v) is 17.5. The van der Waals surface area contributed by atoms with E-state index in [2.05, 4.69) is 49.7 Å². The second-order valence-corrected chi connectivity index (χ2v) is 20.1. The molecule has 2 atom stereocenters. The summed E-state index contributed by atoms with van der Waals surface area (Å²) in [5.41, 5.74) is 0. The number of hydrogen-bond donors (Lipinski definition) is 1. The van der Waals surface area contributed by atoms with Crippen LogP contribution in [0, 0.1) is 17.8 Å². The van der Waals surface area contributed by atoms with Crippen molar-refractivity contribution in [2.24, 2.45) is 5.92 Å². The Morgan fingerprint density at radius 2 is 1.43 bits per heavy atom. The molecule has 0 spiro atoms. The first kappa shape index (κ1) is 23.1. The molecule has 1 N–H and O–H groups in total. The van der Waals surface area contributed by atoms with Gasteiger partial charge in [-0.05, 0) is 0 Å². The molecule has 1 nitrogen and oxygen atoms in total.